The summed E-state index contributed by atoms with van der Waals surface area (Å²) in [6.45, 7) is 4.33. The zero-order valence-electron chi connectivity index (χ0n) is 20.0. The third kappa shape index (κ3) is 4.10. The van der Waals surface area contributed by atoms with E-state index in [-0.39, 0.29) is 11.6 Å². The van der Waals surface area contributed by atoms with Crippen LogP contribution in [0.15, 0.2) is 54.1 Å². The number of hydrogen-bond donors (Lipinski definition) is 2. The summed E-state index contributed by atoms with van der Waals surface area (Å²) in [6.07, 6.45) is 9.62. The topological polar surface area (TPSA) is 133 Å². The number of aromatic nitrogens is 6. The van der Waals surface area contributed by atoms with Gasteiger partial charge < -0.3 is 10.1 Å². The van der Waals surface area contributed by atoms with Crippen molar-refractivity contribution in [3.8, 4) is 0 Å². The van der Waals surface area contributed by atoms with Gasteiger partial charge in [-0.05, 0) is 78.4 Å². The number of benzene rings is 1. The van der Waals surface area contributed by atoms with Crippen molar-refractivity contribution in [3.63, 3.8) is 0 Å². The zero-order chi connectivity index (χ0) is 25.0. The third-order valence-corrected chi connectivity index (χ3v) is 8.11. The average Bonchev–Trinajstić information content (AvgIpc) is 3.45. The van der Waals surface area contributed by atoms with Crippen LogP contribution in [-0.2, 0) is 23.1 Å². The van der Waals surface area contributed by atoms with Crippen LogP contribution in [-0.4, -0.2) is 37.8 Å². The Balaban J connectivity index is 1.19. The van der Waals surface area contributed by atoms with Crippen LogP contribution in [0, 0.1) is 13.8 Å². The van der Waals surface area contributed by atoms with Crippen molar-refractivity contribution in [1.29, 1.82) is 0 Å². The lowest BCUT2D eigenvalue weighted by atomic mass is 9.96. The first-order chi connectivity index (χ1) is 17.3. The van der Waals surface area contributed by atoms with E-state index in [0.717, 1.165) is 38.8 Å². The Morgan fingerprint density at radius 1 is 1.11 bits per heavy atom. The molecule has 3 N–H and O–H groups in total. The van der Waals surface area contributed by atoms with Crippen molar-refractivity contribution >= 4 is 32.3 Å². The molecule has 1 aromatic carbocycles. The fraction of sp³-hybridized carbons (Fsp3) is 0.280. The molecule has 0 bridgehead atoms. The summed E-state index contributed by atoms with van der Waals surface area (Å²) in [4.78, 5) is 8.77. The van der Waals surface area contributed by atoms with Gasteiger partial charge in [-0.3, -0.25) is 0 Å². The molecule has 10 nitrogen and oxygen atoms in total. The lowest BCUT2D eigenvalue weighted by Crippen LogP contribution is -2.24. The third-order valence-electron chi connectivity index (χ3n) is 6.84. The molecule has 0 amide bonds. The standard InChI is InChI=1S/C25H26N8O2S/c1-15-9-21-20(7-8-27-25(21)26)16(2)22(15)10-28-36(34,35)24-14-33(31-30-24)13-19-12-32-11-18(17-3-4-17)5-6-23(32)29-19/h5-9,11-12,14,17,28H,3-4,10,13H2,1-2H3,(H2,26,27). The first-order valence-electron chi connectivity index (χ1n) is 11.8. The first-order valence-corrected chi connectivity index (χ1v) is 13.3. The predicted octanol–water partition coefficient (Wildman–Crippen LogP) is 3.08. The molecule has 4 aromatic heterocycles. The molecule has 1 saturated carbocycles. The molecule has 0 aliphatic heterocycles. The minimum Gasteiger partial charge on any atom is -0.383 e. The molecule has 1 aliphatic carbocycles. The lowest BCUT2D eigenvalue weighted by molar-refractivity contribution is 0.576. The molecule has 1 fully saturated rings. The molecule has 5 aromatic rings. The predicted molar refractivity (Wildman–Crippen MR) is 136 cm³/mol. The molecule has 11 heteroatoms. The summed E-state index contributed by atoms with van der Waals surface area (Å²) in [5.41, 5.74) is 11.8. The van der Waals surface area contributed by atoms with E-state index in [0.29, 0.717) is 18.3 Å². The molecular formula is C25H26N8O2S. The van der Waals surface area contributed by atoms with E-state index >= 15 is 0 Å². The second kappa shape index (κ2) is 8.38. The van der Waals surface area contributed by atoms with Crippen LogP contribution in [0.25, 0.3) is 16.4 Å². The van der Waals surface area contributed by atoms with Crippen molar-refractivity contribution in [3.05, 3.63) is 77.0 Å². The smallest absolute Gasteiger partial charge is 0.261 e. The Kier molecular flexibility index (Phi) is 5.27. The molecule has 4 heterocycles. The molecule has 1 aliphatic rings. The van der Waals surface area contributed by atoms with Crippen molar-refractivity contribution in [2.24, 2.45) is 0 Å². The van der Waals surface area contributed by atoms with Crippen LogP contribution in [0.5, 0.6) is 0 Å². The van der Waals surface area contributed by atoms with E-state index in [9.17, 15) is 8.42 Å². The van der Waals surface area contributed by atoms with Gasteiger partial charge in [-0.1, -0.05) is 11.3 Å². The Morgan fingerprint density at radius 2 is 1.94 bits per heavy atom. The quantitative estimate of drug-likeness (QED) is 0.349. The highest BCUT2D eigenvalue weighted by Crippen LogP contribution is 2.39. The highest BCUT2D eigenvalue weighted by atomic mass is 32.2. The second-order valence-electron chi connectivity index (χ2n) is 9.40. The van der Waals surface area contributed by atoms with E-state index in [1.54, 1.807) is 6.20 Å². The molecular weight excluding hydrogens is 476 g/mol. The van der Waals surface area contributed by atoms with Gasteiger partial charge in [0.1, 0.15) is 11.5 Å². The number of pyridine rings is 2. The molecule has 36 heavy (non-hydrogen) atoms. The van der Waals surface area contributed by atoms with E-state index in [1.165, 1.54) is 29.3 Å². The van der Waals surface area contributed by atoms with Crippen LogP contribution in [0.3, 0.4) is 0 Å². The molecule has 0 atom stereocenters. The minimum absolute atomic E-state index is 0.126. The second-order valence-corrected chi connectivity index (χ2v) is 11.1. The number of nitrogens with two attached hydrogens (primary N) is 1. The number of fused-ring (bicyclic) bond motifs is 2. The fourth-order valence-corrected chi connectivity index (χ4v) is 5.57. The van der Waals surface area contributed by atoms with Gasteiger partial charge in [-0.25, -0.2) is 27.8 Å². The number of nitrogens with zero attached hydrogens (tertiary/aromatic N) is 6. The van der Waals surface area contributed by atoms with Gasteiger partial charge in [0.15, 0.2) is 0 Å². The van der Waals surface area contributed by atoms with Crippen LogP contribution in [0.1, 0.15) is 46.7 Å². The van der Waals surface area contributed by atoms with Gasteiger partial charge in [0, 0.05) is 30.5 Å². The number of nitrogens with one attached hydrogen (secondary N) is 1. The van der Waals surface area contributed by atoms with Gasteiger partial charge in [0.05, 0.1) is 18.4 Å². The molecule has 0 spiro atoms. The monoisotopic (exact) mass is 502 g/mol. The van der Waals surface area contributed by atoms with Crippen molar-refractivity contribution in [2.75, 3.05) is 5.73 Å². The van der Waals surface area contributed by atoms with Crippen molar-refractivity contribution < 1.29 is 8.42 Å². The molecule has 0 radical (unpaired) electrons. The van der Waals surface area contributed by atoms with Crippen molar-refractivity contribution in [1.82, 2.24) is 34.1 Å². The summed E-state index contributed by atoms with van der Waals surface area (Å²) in [5.74, 6) is 1.12. The summed E-state index contributed by atoms with van der Waals surface area (Å²) >= 11 is 0. The molecule has 0 saturated heterocycles. The van der Waals surface area contributed by atoms with Crippen LogP contribution in [0.4, 0.5) is 5.82 Å². The summed E-state index contributed by atoms with van der Waals surface area (Å²) < 4.78 is 32.1. The number of nitrogen functional groups attached to an aromatic ring is 1. The number of rotatable bonds is 7. The van der Waals surface area contributed by atoms with E-state index in [2.05, 4.69) is 37.3 Å². The SMILES string of the molecule is Cc1cc2c(N)nccc2c(C)c1CNS(=O)(=O)c1cn(Cc2cn3cc(C4CC4)ccc3n2)nn1. The molecule has 6 rings (SSSR count). The molecule has 184 valence electrons. The zero-order valence-corrected chi connectivity index (χ0v) is 20.8. The van der Waals surface area contributed by atoms with Gasteiger partial charge in [-0.2, -0.15) is 0 Å². The maximum Gasteiger partial charge on any atom is 0.261 e. The van der Waals surface area contributed by atoms with Crippen LogP contribution in [0.2, 0.25) is 0 Å². The fourth-order valence-electron chi connectivity index (χ4n) is 4.69. The summed E-state index contributed by atoms with van der Waals surface area (Å²) in [7, 11) is -3.86. The van der Waals surface area contributed by atoms with E-state index in [1.807, 2.05) is 42.6 Å². The number of aryl methyl sites for hydroxylation is 2. The first kappa shape index (κ1) is 22.6. The Morgan fingerprint density at radius 3 is 2.75 bits per heavy atom. The Hall–Kier alpha value is -3.83. The van der Waals surface area contributed by atoms with E-state index < -0.39 is 10.0 Å². The minimum atomic E-state index is -3.86. The highest BCUT2D eigenvalue weighted by molar-refractivity contribution is 7.89. The molecule has 0 unspecified atom stereocenters. The largest absolute Gasteiger partial charge is 0.383 e. The van der Waals surface area contributed by atoms with Gasteiger partial charge >= 0.3 is 0 Å². The number of anilines is 1. The van der Waals surface area contributed by atoms with Crippen LogP contribution >= 0.6 is 0 Å². The lowest BCUT2D eigenvalue weighted by Gasteiger charge is -2.14. The summed E-state index contributed by atoms with van der Waals surface area (Å²) in [6, 6.07) is 7.96. The van der Waals surface area contributed by atoms with Crippen LogP contribution < -0.4 is 10.5 Å². The van der Waals surface area contributed by atoms with E-state index in [4.69, 9.17) is 5.73 Å². The Bertz CT molecular complexity index is 1730. The van der Waals surface area contributed by atoms with Gasteiger partial charge in [-0.15, -0.1) is 5.10 Å². The Labute approximate surface area is 208 Å². The highest BCUT2D eigenvalue weighted by Gasteiger charge is 2.24. The van der Waals surface area contributed by atoms with Gasteiger partial charge in [0.25, 0.3) is 10.0 Å². The van der Waals surface area contributed by atoms with Crippen molar-refractivity contribution in [2.45, 2.75) is 50.7 Å². The maximum atomic E-state index is 13.0. The number of hydrogen-bond acceptors (Lipinski definition) is 7. The van der Waals surface area contributed by atoms with Gasteiger partial charge in [0.2, 0.25) is 5.03 Å². The normalized spacial score (nSPS) is 14.2. The number of sulfonamides is 1. The maximum absolute atomic E-state index is 13.0. The summed E-state index contributed by atoms with van der Waals surface area (Å²) in [5, 5.41) is 9.60. The average molecular weight is 503 g/mol. The number of imidazole rings is 1.